The number of nitrogens with zero attached hydrogens (tertiary/aromatic N) is 1. The molecule has 2 fully saturated rings. The van der Waals surface area contributed by atoms with Crippen LogP contribution in [-0.2, 0) is 15.9 Å². The molecule has 0 amide bonds. The zero-order chi connectivity index (χ0) is 14.9. The van der Waals surface area contributed by atoms with E-state index in [0.29, 0.717) is 18.9 Å². The molecule has 1 aromatic heterocycles. The first kappa shape index (κ1) is 14.9. The van der Waals surface area contributed by atoms with Crippen LogP contribution in [0.15, 0.2) is 0 Å². The summed E-state index contributed by atoms with van der Waals surface area (Å²) in [7, 11) is 0. The molecule has 0 bridgehead atoms. The van der Waals surface area contributed by atoms with Crippen LogP contribution in [0.3, 0.4) is 0 Å². The number of piperidine rings is 1. The second-order valence-electron chi connectivity index (χ2n) is 5.67. The van der Waals surface area contributed by atoms with Gasteiger partial charge < -0.3 is 24.3 Å². The van der Waals surface area contributed by atoms with Crippen LogP contribution in [-0.4, -0.2) is 49.6 Å². The van der Waals surface area contributed by atoms with Gasteiger partial charge in [-0.15, -0.1) is 11.3 Å². The second kappa shape index (κ2) is 6.00. The number of thiazole rings is 1. The fourth-order valence-corrected chi connectivity index (χ4v) is 3.95. The lowest BCUT2D eigenvalue weighted by Crippen LogP contribution is -3.13. The number of likely N-dealkylation sites (tertiary alicyclic amines) is 1. The van der Waals surface area contributed by atoms with E-state index in [0.717, 1.165) is 43.9 Å². The maximum Gasteiger partial charge on any atom is 0.179 e. The van der Waals surface area contributed by atoms with Crippen molar-refractivity contribution >= 4 is 17.3 Å². The third-order valence-electron chi connectivity index (χ3n) is 4.25. The van der Waals surface area contributed by atoms with Crippen molar-refractivity contribution in [3.8, 4) is 0 Å². The molecule has 7 heteroatoms. The van der Waals surface area contributed by atoms with E-state index in [-0.39, 0.29) is 10.7 Å². The molecule has 0 radical (unpaired) electrons. The van der Waals surface area contributed by atoms with Crippen molar-refractivity contribution in [2.24, 2.45) is 0 Å². The normalized spacial score (nSPS) is 22.0. The number of ether oxygens (including phenoxy) is 2. The Labute approximate surface area is 127 Å². The first-order chi connectivity index (χ1) is 10.1. The lowest BCUT2D eigenvalue weighted by molar-refractivity contribution is -0.908. The maximum absolute atomic E-state index is 10.9. The number of quaternary nitrogens is 1. The minimum atomic E-state index is -1.13. The first-order valence-electron chi connectivity index (χ1n) is 7.37. The van der Waals surface area contributed by atoms with E-state index in [1.165, 1.54) is 16.2 Å². The van der Waals surface area contributed by atoms with Crippen LogP contribution < -0.4 is 10.0 Å². The van der Waals surface area contributed by atoms with Gasteiger partial charge in [-0.3, -0.25) is 0 Å². The van der Waals surface area contributed by atoms with Gasteiger partial charge in [-0.1, -0.05) is 0 Å². The predicted molar refractivity (Wildman–Crippen MR) is 74.3 cm³/mol. The summed E-state index contributed by atoms with van der Waals surface area (Å²) in [6, 6.07) is 0. The van der Waals surface area contributed by atoms with Crippen molar-refractivity contribution in [2.75, 3.05) is 32.8 Å². The van der Waals surface area contributed by atoms with Gasteiger partial charge in [-0.2, -0.15) is 0 Å². The topological polar surface area (TPSA) is 75.9 Å². The monoisotopic (exact) mass is 312 g/mol. The quantitative estimate of drug-likeness (QED) is 0.754. The first-order valence-corrected chi connectivity index (χ1v) is 8.19. The number of hydrogen-bond acceptors (Lipinski definition) is 6. The number of carboxylic acids is 1. The fraction of sp³-hybridized carbons (Fsp3) is 0.714. The van der Waals surface area contributed by atoms with Crippen LogP contribution in [0, 0.1) is 6.92 Å². The predicted octanol–water partition coefficient (Wildman–Crippen LogP) is -1.22. The van der Waals surface area contributed by atoms with Gasteiger partial charge in [0.05, 0.1) is 67.2 Å². The summed E-state index contributed by atoms with van der Waals surface area (Å²) in [5.74, 6) is -1.44. The lowest BCUT2D eigenvalue weighted by atomic mass is 10.0. The molecule has 2 aliphatic rings. The molecule has 3 rings (SSSR count). The Morgan fingerprint density at radius 2 is 2.05 bits per heavy atom. The molecule has 1 spiro atoms. The van der Waals surface area contributed by atoms with Crippen LogP contribution in [0.1, 0.15) is 33.2 Å². The largest absolute Gasteiger partial charge is 0.544 e. The molecular weight excluding hydrogens is 292 g/mol. The molecule has 2 saturated heterocycles. The Kier molecular flexibility index (Phi) is 4.26. The number of aromatic nitrogens is 1. The van der Waals surface area contributed by atoms with Gasteiger partial charge in [0, 0.05) is 6.42 Å². The Morgan fingerprint density at radius 1 is 1.38 bits per heavy atom. The molecule has 0 unspecified atom stereocenters. The van der Waals surface area contributed by atoms with Crippen molar-refractivity contribution in [3.05, 3.63) is 15.6 Å². The molecule has 6 nitrogen and oxygen atoms in total. The summed E-state index contributed by atoms with van der Waals surface area (Å²) in [6.45, 7) is 6.15. The number of aromatic carboxylic acids is 1. The number of nitrogens with one attached hydrogen (secondary N) is 1. The summed E-state index contributed by atoms with van der Waals surface area (Å²) < 4.78 is 11.4. The number of carboxylic acid groups (broad SMARTS) is 1. The van der Waals surface area contributed by atoms with Gasteiger partial charge in [0.15, 0.2) is 5.79 Å². The SMILES string of the molecule is Cc1nc(CC[NH+]2CCC3(CC2)OCCO3)sc1C(=O)[O-]. The van der Waals surface area contributed by atoms with Gasteiger partial charge in [0.2, 0.25) is 0 Å². The number of carbonyl (C=O) groups is 1. The highest BCUT2D eigenvalue weighted by molar-refractivity contribution is 7.13. The molecule has 1 aromatic rings. The molecule has 0 atom stereocenters. The van der Waals surface area contributed by atoms with E-state index in [4.69, 9.17) is 9.47 Å². The molecule has 21 heavy (non-hydrogen) atoms. The van der Waals surface area contributed by atoms with Gasteiger partial charge in [-0.25, -0.2) is 4.98 Å². The number of carbonyl (C=O) groups excluding carboxylic acids is 1. The van der Waals surface area contributed by atoms with Gasteiger partial charge >= 0.3 is 0 Å². The van der Waals surface area contributed by atoms with E-state index < -0.39 is 5.97 Å². The molecule has 116 valence electrons. The molecule has 0 saturated carbocycles. The van der Waals surface area contributed by atoms with Crippen molar-refractivity contribution < 1.29 is 24.3 Å². The molecule has 1 N–H and O–H groups in total. The van der Waals surface area contributed by atoms with Crippen LogP contribution in [0.5, 0.6) is 0 Å². The Morgan fingerprint density at radius 3 is 2.62 bits per heavy atom. The highest BCUT2D eigenvalue weighted by Gasteiger charge is 2.41. The average molecular weight is 312 g/mol. The molecule has 0 aromatic carbocycles. The minimum Gasteiger partial charge on any atom is -0.544 e. The zero-order valence-corrected chi connectivity index (χ0v) is 13.0. The van der Waals surface area contributed by atoms with Crippen molar-refractivity contribution in [1.82, 2.24) is 4.98 Å². The minimum absolute atomic E-state index is 0.255. The number of aryl methyl sites for hydroxylation is 1. The van der Waals surface area contributed by atoms with Crippen molar-refractivity contribution in [1.29, 1.82) is 0 Å². The summed E-state index contributed by atoms with van der Waals surface area (Å²) in [6.07, 6.45) is 2.68. The van der Waals surface area contributed by atoms with Crippen LogP contribution in [0.4, 0.5) is 0 Å². The molecule has 2 aliphatic heterocycles. The van der Waals surface area contributed by atoms with Crippen LogP contribution in [0.25, 0.3) is 0 Å². The summed E-state index contributed by atoms with van der Waals surface area (Å²) in [5, 5.41) is 11.8. The number of hydrogen-bond donors (Lipinski definition) is 1. The average Bonchev–Trinajstić information content (AvgIpc) is 3.06. The molecule has 3 heterocycles. The number of rotatable bonds is 4. The van der Waals surface area contributed by atoms with Gasteiger partial charge in [-0.05, 0) is 6.92 Å². The highest BCUT2D eigenvalue weighted by Crippen LogP contribution is 2.27. The Hall–Kier alpha value is -1.02. The van der Waals surface area contributed by atoms with Gasteiger partial charge in [0.1, 0.15) is 0 Å². The van der Waals surface area contributed by atoms with Crippen molar-refractivity contribution in [2.45, 2.75) is 32.0 Å². The van der Waals surface area contributed by atoms with Gasteiger partial charge in [0.25, 0.3) is 0 Å². The lowest BCUT2D eigenvalue weighted by Gasteiger charge is -2.35. The zero-order valence-electron chi connectivity index (χ0n) is 12.1. The van der Waals surface area contributed by atoms with Crippen LogP contribution >= 0.6 is 11.3 Å². The van der Waals surface area contributed by atoms with Crippen molar-refractivity contribution in [3.63, 3.8) is 0 Å². The Bertz CT molecular complexity index is 515. The maximum atomic E-state index is 10.9. The standard InChI is InChI=1S/C14H20N2O4S/c1-10-12(13(17)18)21-11(15-10)2-5-16-6-3-14(4-7-16)19-8-9-20-14/h2-9H2,1H3,(H,17,18). The third kappa shape index (κ3) is 3.26. The summed E-state index contributed by atoms with van der Waals surface area (Å²) >= 11 is 1.24. The second-order valence-corrected chi connectivity index (χ2v) is 6.75. The van der Waals surface area contributed by atoms with E-state index in [1.54, 1.807) is 6.92 Å². The summed E-state index contributed by atoms with van der Waals surface area (Å²) in [4.78, 5) is 17.0. The Balaban J connectivity index is 1.50. The molecular formula is C14H20N2O4S. The third-order valence-corrected chi connectivity index (χ3v) is 5.45. The van der Waals surface area contributed by atoms with Crippen LogP contribution in [0.2, 0.25) is 0 Å². The fourth-order valence-electron chi connectivity index (χ4n) is 3.05. The molecule has 0 aliphatic carbocycles. The smallest absolute Gasteiger partial charge is 0.179 e. The van der Waals surface area contributed by atoms with E-state index >= 15 is 0 Å². The van der Waals surface area contributed by atoms with E-state index in [9.17, 15) is 9.90 Å². The van der Waals surface area contributed by atoms with E-state index in [1.807, 2.05) is 0 Å². The highest BCUT2D eigenvalue weighted by atomic mass is 32.1. The summed E-state index contributed by atoms with van der Waals surface area (Å²) in [5.41, 5.74) is 0.565. The van der Waals surface area contributed by atoms with E-state index in [2.05, 4.69) is 4.98 Å².